The number of hydrogen-bond acceptors (Lipinski definition) is 3. The van der Waals surface area contributed by atoms with E-state index < -0.39 is 0 Å². The standard InChI is InChI=1S/C13H19NO2/c1-10(2)14(3)7-6-11-4-5-12-13(8-11)16-9-15-12/h4-5,8,10H,6-7,9H2,1-3H3. The molecule has 1 aromatic carbocycles. The molecule has 0 fully saturated rings. The van der Waals surface area contributed by atoms with Crippen LogP contribution in [0.15, 0.2) is 18.2 Å². The summed E-state index contributed by atoms with van der Waals surface area (Å²) in [6.07, 6.45) is 1.05. The van der Waals surface area contributed by atoms with Crippen molar-refractivity contribution in [3.8, 4) is 11.5 Å². The molecule has 1 aliphatic heterocycles. The topological polar surface area (TPSA) is 21.7 Å². The van der Waals surface area contributed by atoms with E-state index in [1.807, 2.05) is 6.07 Å². The Balaban J connectivity index is 1.95. The van der Waals surface area contributed by atoms with Crippen molar-refractivity contribution in [3.05, 3.63) is 23.8 Å². The van der Waals surface area contributed by atoms with Crippen LogP contribution in [0, 0.1) is 0 Å². The SMILES string of the molecule is CC(C)N(C)CCc1ccc2c(c1)OCO2. The van der Waals surface area contributed by atoms with Gasteiger partial charge >= 0.3 is 0 Å². The summed E-state index contributed by atoms with van der Waals surface area (Å²) in [5.74, 6) is 1.74. The van der Waals surface area contributed by atoms with Crippen LogP contribution in [0.25, 0.3) is 0 Å². The fourth-order valence-electron chi connectivity index (χ4n) is 1.66. The molecule has 16 heavy (non-hydrogen) atoms. The van der Waals surface area contributed by atoms with Gasteiger partial charge in [0, 0.05) is 12.6 Å². The molecule has 0 aliphatic carbocycles. The van der Waals surface area contributed by atoms with Crippen molar-refractivity contribution >= 4 is 0 Å². The molecule has 0 unspecified atom stereocenters. The number of nitrogens with zero attached hydrogens (tertiary/aromatic N) is 1. The van der Waals surface area contributed by atoms with Gasteiger partial charge in [0.1, 0.15) is 0 Å². The van der Waals surface area contributed by atoms with Gasteiger partial charge < -0.3 is 14.4 Å². The molecule has 0 saturated carbocycles. The van der Waals surface area contributed by atoms with Gasteiger partial charge in [-0.15, -0.1) is 0 Å². The molecule has 0 saturated heterocycles. The van der Waals surface area contributed by atoms with E-state index in [0.29, 0.717) is 12.8 Å². The highest BCUT2D eigenvalue weighted by molar-refractivity contribution is 5.44. The number of hydrogen-bond donors (Lipinski definition) is 0. The lowest BCUT2D eigenvalue weighted by Gasteiger charge is -2.20. The Kier molecular flexibility index (Phi) is 3.34. The minimum absolute atomic E-state index is 0.352. The molecule has 0 amide bonds. The molecule has 0 aromatic heterocycles. The van der Waals surface area contributed by atoms with Gasteiger partial charge in [0.2, 0.25) is 6.79 Å². The second-order valence-corrected chi connectivity index (χ2v) is 4.51. The normalized spacial score (nSPS) is 13.8. The summed E-state index contributed by atoms with van der Waals surface area (Å²) in [5, 5.41) is 0. The maximum atomic E-state index is 5.36. The number of likely N-dealkylation sites (N-methyl/N-ethyl adjacent to an activating group) is 1. The monoisotopic (exact) mass is 221 g/mol. The fourth-order valence-corrected chi connectivity index (χ4v) is 1.66. The van der Waals surface area contributed by atoms with Crippen molar-refractivity contribution < 1.29 is 9.47 Å². The first-order chi connectivity index (χ1) is 7.66. The molecule has 0 bridgehead atoms. The van der Waals surface area contributed by atoms with Crippen LogP contribution in [-0.4, -0.2) is 31.3 Å². The molecule has 3 heteroatoms. The molecule has 88 valence electrons. The summed E-state index contributed by atoms with van der Waals surface area (Å²) in [5.41, 5.74) is 1.30. The number of rotatable bonds is 4. The van der Waals surface area contributed by atoms with Gasteiger partial charge in [0.15, 0.2) is 11.5 Å². The maximum absolute atomic E-state index is 5.36. The van der Waals surface area contributed by atoms with Gasteiger partial charge in [-0.2, -0.15) is 0 Å². The van der Waals surface area contributed by atoms with Crippen LogP contribution >= 0.6 is 0 Å². The molecule has 1 aromatic rings. The third kappa shape index (κ3) is 2.47. The zero-order valence-corrected chi connectivity index (χ0v) is 10.2. The van der Waals surface area contributed by atoms with Crippen molar-refractivity contribution in [2.75, 3.05) is 20.4 Å². The molecule has 0 radical (unpaired) electrons. The summed E-state index contributed by atoms with van der Waals surface area (Å²) in [6.45, 7) is 5.83. The Morgan fingerprint density at radius 3 is 2.75 bits per heavy atom. The molecule has 0 atom stereocenters. The zero-order valence-electron chi connectivity index (χ0n) is 10.2. The first-order valence-electron chi connectivity index (χ1n) is 5.75. The van der Waals surface area contributed by atoms with Crippen LogP contribution < -0.4 is 9.47 Å². The van der Waals surface area contributed by atoms with Gasteiger partial charge in [-0.25, -0.2) is 0 Å². The van der Waals surface area contributed by atoms with Gasteiger partial charge in [-0.3, -0.25) is 0 Å². The molecule has 2 rings (SSSR count). The summed E-state index contributed by atoms with van der Waals surface area (Å²) < 4.78 is 10.6. The highest BCUT2D eigenvalue weighted by atomic mass is 16.7. The van der Waals surface area contributed by atoms with Crippen LogP contribution in [0.1, 0.15) is 19.4 Å². The zero-order chi connectivity index (χ0) is 11.5. The second kappa shape index (κ2) is 4.74. The molecule has 0 N–H and O–H groups in total. The van der Waals surface area contributed by atoms with E-state index >= 15 is 0 Å². The predicted octanol–water partition coefficient (Wildman–Crippen LogP) is 2.30. The average molecular weight is 221 g/mol. The van der Waals surface area contributed by atoms with Gasteiger partial charge in [-0.05, 0) is 45.0 Å². The average Bonchev–Trinajstić information content (AvgIpc) is 2.72. The Hall–Kier alpha value is -1.22. The van der Waals surface area contributed by atoms with E-state index in [4.69, 9.17) is 9.47 Å². The van der Waals surface area contributed by atoms with Crippen LogP contribution in [-0.2, 0) is 6.42 Å². The van der Waals surface area contributed by atoms with E-state index in [-0.39, 0.29) is 0 Å². The number of ether oxygens (including phenoxy) is 2. The van der Waals surface area contributed by atoms with Crippen molar-refractivity contribution in [2.24, 2.45) is 0 Å². The largest absolute Gasteiger partial charge is 0.454 e. The van der Waals surface area contributed by atoms with Crippen molar-refractivity contribution in [3.63, 3.8) is 0 Å². The first kappa shape index (κ1) is 11.3. The third-order valence-corrected chi connectivity index (χ3v) is 3.07. The quantitative estimate of drug-likeness (QED) is 0.778. The van der Waals surface area contributed by atoms with Crippen LogP contribution in [0.4, 0.5) is 0 Å². The van der Waals surface area contributed by atoms with E-state index in [0.717, 1.165) is 24.5 Å². The number of benzene rings is 1. The molecule has 3 nitrogen and oxygen atoms in total. The second-order valence-electron chi connectivity index (χ2n) is 4.51. The van der Waals surface area contributed by atoms with Gasteiger partial charge in [-0.1, -0.05) is 6.07 Å². The fraction of sp³-hybridized carbons (Fsp3) is 0.538. The smallest absolute Gasteiger partial charge is 0.231 e. The van der Waals surface area contributed by atoms with E-state index in [9.17, 15) is 0 Å². The lowest BCUT2D eigenvalue weighted by Crippen LogP contribution is -2.28. The summed E-state index contributed by atoms with van der Waals surface area (Å²) in [7, 11) is 2.15. The van der Waals surface area contributed by atoms with Gasteiger partial charge in [0.25, 0.3) is 0 Å². The Labute approximate surface area is 97.0 Å². The van der Waals surface area contributed by atoms with E-state index in [1.165, 1.54) is 5.56 Å². The highest BCUT2D eigenvalue weighted by Gasteiger charge is 2.13. The predicted molar refractivity (Wildman–Crippen MR) is 64.0 cm³/mol. The molecule has 0 spiro atoms. The Bertz CT molecular complexity index is 363. The van der Waals surface area contributed by atoms with Crippen molar-refractivity contribution in [1.29, 1.82) is 0 Å². The minimum atomic E-state index is 0.352. The summed E-state index contributed by atoms with van der Waals surface area (Å²) in [6, 6.07) is 6.78. The Morgan fingerprint density at radius 2 is 2.00 bits per heavy atom. The van der Waals surface area contributed by atoms with Crippen molar-refractivity contribution in [1.82, 2.24) is 4.90 Å². The molecule has 1 heterocycles. The summed E-state index contributed by atoms with van der Waals surface area (Å²) in [4.78, 5) is 2.34. The minimum Gasteiger partial charge on any atom is -0.454 e. The molecular formula is C13H19NO2. The lowest BCUT2D eigenvalue weighted by atomic mass is 10.1. The van der Waals surface area contributed by atoms with E-state index in [2.05, 4.69) is 37.9 Å². The molecular weight excluding hydrogens is 202 g/mol. The first-order valence-corrected chi connectivity index (χ1v) is 5.75. The molecule has 1 aliphatic rings. The Morgan fingerprint density at radius 1 is 1.25 bits per heavy atom. The van der Waals surface area contributed by atoms with Crippen LogP contribution in [0.3, 0.4) is 0 Å². The van der Waals surface area contributed by atoms with Crippen molar-refractivity contribution in [2.45, 2.75) is 26.3 Å². The van der Waals surface area contributed by atoms with E-state index in [1.54, 1.807) is 0 Å². The third-order valence-electron chi connectivity index (χ3n) is 3.07. The maximum Gasteiger partial charge on any atom is 0.231 e. The van der Waals surface area contributed by atoms with Crippen LogP contribution in [0.2, 0.25) is 0 Å². The van der Waals surface area contributed by atoms with Crippen LogP contribution in [0.5, 0.6) is 11.5 Å². The summed E-state index contributed by atoms with van der Waals surface area (Å²) >= 11 is 0. The highest BCUT2D eigenvalue weighted by Crippen LogP contribution is 2.32. The van der Waals surface area contributed by atoms with Gasteiger partial charge in [0.05, 0.1) is 0 Å². The lowest BCUT2D eigenvalue weighted by molar-refractivity contribution is 0.174. The number of fused-ring (bicyclic) bond motifs is 1.